The van der Waals surface area contributed by atoms with Gasteiger partial charge in [0.1, 0.15) is 11.5 Å². The van der Waals surface area contributed by atoms with E-state index in [1.807, 2.05) is 32.1 Å². The molecule has 0 spiro atoms. The number of aryl methyl sites for hydroxylation is 1. The average molecular weight is 393 g/mol. The number of hydrogen-bond acceptors (Lipinski definition) is 3. The minimum atomic E-state index is -0.237. The van der Waals surface area contributed by atoms with E-state index in [2.05, 4.69) is 19.1 Å². The highest BCUT2D eigenvalue weighted by molar-refractivity contribution is 6.08. The van der Waals surface area contributed by atoms with Crippen LogP contribution in [-0.2, 0) is 6.42 Å². The molecule has 0 fully saturated rings. The van der Waals surface area contributed by atoms with Crippen molar-refractivity contribution in [3.8, 4) is 11.5 Å². The van der Waals surface area contributed by atoms with Crippen LogP contribution in [0.3, 0.4) is 0 Å². The fraction of sp³-hybridized carbons (Fsp3) is 0.346. The summed E-state index contributed by atoms with van der Waals surface area (Å²) in [5, 5.41) is 10.2. The molecule has 0 aliphatic heterocycles. The first-order valence-corrected chi connectivity index (χ1v) is 10.5. The van der Waals surface area contributed by atoms with Gasteiger partial charge in [0.25, 0.3) is 0 Å². The molecule has 0 atom stereocenters. The van der Waals surface area contributed by atoms with E-state index in [-0.39, 0.29) is 17.1 Å². The molecule has 0 saturated heterocycles. The number of benzene rings is 2. The van der Waals surface area contributed by atoms with Gasteiger partial charge in [-0.3, -0.25) is 4.79 Å². The number of hydrogen-bond donors (Lipinski definition) is 1. The highest BCUT2D eigenvalue weighted by Crippen LogP contribution is 2.26. The first kappa shape index (κ1) is 22.5. The molecule has 2 aromatic carbocycles. The third kappa shape index (κ3) is 7.26. The maximum atomic E-state index is 12.5. The van der Waals surface area contributed by atoms with E-state index in [1.54, 1.807) is 18.2 Å². The van der Waals surface area contributed by atoms with E-state index in [0.717, 1.165) is 24.2 Å². The molecule has 0 amide bonds. The third-order valence-electron chi connectivity index (χ3n) is 4.88. The lowest BCUT2D eigenvalue weighted by Crippen LogP contribution is -1.97. The van der Waals surface area contributed by atoms with Crippen LogP contribution in [0, 0.1) is 0 Å². The Kier molecular flexibility index (Phi) is 9.23. The summed E-state index contributed by atoms with van der Waals surface area (Å²) in [6, 6.07) is 13.1. The number of rotatable bonds is 11. The zero-order chi connectivity index (χ0) is 21.1. The minimum absolute atomic E-state index is 0.0777. The van der Waals surface area contributed by atoms with Crippen molar-refractivity contribution < 1.29 is 14.6 Å². The second-order valence-corrected chi connectivity index (χ2v) is 7.14. The topological polar surface area (TPSA) is 46.5 Å². The van der Waals surface area contributed by atoms with E-state index in [9.17, 15) is 9.90 Å². The lowest BCUT2D eigenvalue weighted by Gasteiger charge is -2.09. The van der Waals surface area contributed by atoms with Gasteiger partial charge in [-0.15, -0.1) is 0 Å². The number of ether oxygens (including phenoxy) is 1. The molecule has 0 aliphatic carbocycles. The summed E-state index contributed by atoms with van der Waals surface area (Å²) in [5.74, 6) is 1.02. The maximum absolute atomic E-state index is 12.5. The van der Waals surface area contributed by atoms with Gasteiger partial charge < -0.3 is 9.84 Å². The van der Waals surface area contributed by atoms with Crippen LogP contribution in [0.15, 0.2) is 60.4 Å². The number of aromatic hydroxyl groups is 1. The monoisotopic (exact) mass is 392 g/mol. The van der Waals surface area contributed by atoms with Gasteiger partial charge in [0.2, 0.25) is 0 Å². The van der Waals surface area contributed by atoms with Gasteiger partial charge >= 0.3 is 0 Å². The van der Waals surface area contributed by atoms with Crippen molar-refractivity contribution in [2.45, 2.75) is 59.3 Å². The number of unbranched alkanes of at least 4 members (excludes halogenated alkanes) is 3. The number of carbonyl (C=O) groups excluding carboxylic acids is 1. The Morgan fingerprint density at radius 2 is 1.79 bits per heavy atom. The van der Waals surface area contributed by atoms with Gasteiger partial charge in [0, 0.05) is 12.5 Å². The number of carbonyl (C=O) groups is 1. The predicted octanol–water partition coefficient (Wildman–Crippen LogP) is 7.10. The summed E-state index contributed by atoms with van der Waals surface area (Å²) in [6.07, 6.45) is 12.0. The van der Waals surface area contributed by atoms with Gasteiger partial charge in [-0.25, -0.2) is 0 Å². The van der Waals surface area contributed by atoms with E-state index in [4.69, 9.17) is 4.74 Å². The van der Waals surface area contributed by atoms with Crippen molar-refractivity contribution in [1.82, 2.24) is 0 Å². The Morgan fingerprint density at radius 3 is 2.41 bits per heavy atom. The molecule has 154 valence electrons. The largest absolute Gasteiger partial charge is 0.507 e. The first-order valence-electron chi connectivity index (χ1n) is 10.5. The Morgan fingerprint density at radius 1 is 1.03 bits per heavy atom. The summed E-state index contributed by atoms with van der Waals surface area (Å²) in [4.78, 5) is 12.5. The molecule has 3 heteroatoms. The van der Waals surface area contributed by atoms with Crippen molar-refractivity contribution in [3.05, 3.63) is 77.1 Å². The highest BCUT2D eigenvalue weighted by Gasteiger charge is 2.10. The summed E-state index contributed by atoms with van der Waals surface area (Å²) in [7, 11) is 0. The Bertz CT molecular complexity index is 845. The van der Waals surface area contributed by atoms with Crippen LogP contribution in [0.5, 0.6) is 11.5 Å². The Labute approximate surface area is 174 Å². The van der Waals surface area contributed by atoms with Crippen LogP contribution in [0.2, 0.25) is 0 Å². The molecule has 0 aromatic heterocycles. The molecule has 2 aromatic rings. The molecule has 0 unspecified atom stereocenters. The van der Waals surface area contributed by atoms with E-state index in [0.29, 0.717) is 5.75 Å². The van der Waals surface area contributed by atoms with Gasteiger partial charge in [-0.05, 0) is 55.2 Å². The zero-order valence-electron chi connectivity index (χ0n) is 17.8. The van der Waals surface area contributed by atoms with Crippen LogP contribution in [-0.4, -0.2) is 10.9 Å². The second kappa shape index (κ2) is 11.9. The Balaban J connectivity index is 1.97. The quantitative estimate of drug-likeness (QED) is 0.192. The molecule has 2 rings (SSSR count). The number of phenolic OH excluding ortho intramolecular Hbond substituents is 1. The second-order valence-electron chi connectivity index (χ2n) is 7.14. The van der Waals surface area contributed by atoms with Crippen LogP contribution < -0.4 is 4.74 Å². The average Bonchev–Trinajstić information content (AvgIpc) is 2.74. The Hall–Kier alpha value is -2.81. The lowest BCUT2D eigenvalue weighted by atomic mass is 10.0. The van der Waals surface area contributed by atoms with Crippen molar-refractivity contribution >= 4 is 11.9 Å². The van der Waals surface area contributed by atoms with Crippen LogP contribution in [0.4, 0.5) is 0 Å². The standard InChI is InChI=1S/C26H32O3/c1-4-7-8-9-10-20-11-13-21(14-12-20)15-18-25(27)24-17-16-23(19-26(24)28)29-22(5-2)6-3/h5,11-19,28H,4,6-10H2,1-3H3/b18-15+,22-5-. The lowest BCUT2D eigenvalue weighted by molar-refractivity contribution is 0.104. The summed E-state index contributed by atoms with van der Waals surface area (Å²) < 4.78 is 5.68. The van der Waals surface area contributed by atoms with Gasteiger partial charge in [-0.2, -0.15) is 0 Å². The number of phenols is 1. The first-order chi connectivity index (χ1) is 14.1. The smallest absolute Gasteiger partial charge is 0.189 e. The summed E-state index contributed by atoms with van der Waals surface area (Å²) in [6.45, 7) is 6.12. The molecule has 0 saturated carbocycles. The van der Waals surface area contributed by atoms with E-state index in [1.165, 1.54) is 43.4 Å². The molecule has 1 N–H and O–H groups in total. The van der Waals surface area contributed by atoms with Crippen molar-refractivity contribution in [2.24, 2.45) is 0 Å². The predicted molar refractivity (Wildman–Crippen MR) is 120 cm³/mol. The normalized spacial score (nSPS) is 11.8. The highest BCUT2D eigenvalue weighted by atomic mass is 16.5. The van der Waals surface area contributed by atoms with Crippen LogP contribution in [0.25, 0.3) is 6.08 Å². The SMILES string of the molecule is C/C=C(/CC)Oc1ccc(C(=O)/C=C/c2ccc(CCCCCC)cc2)c(O)c1. The fourth-order valence-electron chi connectivity index (χ4n) is 3.08. The molecule has 0 aliphatic rings. The molecule has 29 heavy (non-hydrogen) atoms. The van der Waals surface area contributed by atoms with Gasteiger partial charge in [0.15, 0.2) is 5.78 Å². The summed E-state index contributed by atoms with van der Waals surface area (Å²) in [5.41, 5.74) is 2.56. The van der Waals surface area contributed by atoms with E-state index >= 15 is 0 Å². The molecular weight excluding hydrogens is 360 g/mol. The van der Waals surface area contributed by atoms with Crippen molar-refractivity contribution in [1.29, 1.82) is 0 Å². The van der Waals surface area contributed by atoms with Crippen LogP contribution >= 0.6 is 0 Å². The number of allylic oxidation sites excluding steroid dienone is 3. The van der Waals surface area contributed by atoms with Crippen molar-refractivity contribution in [3.63, 3.8) is 0 Å². The molecule has 0 radical (unpaired) electrons. The molecular formula is C26H32O3. The zero-order valence-corrected chi connectivity index (χ0v) is 17.8. The third-order valence-corrected chi connectivity index (χ3v) is 4.88. The van der Waals surface area contributed by atoms with Gasteiger partial charge in [-0.1, -0.05) is 63.5 Å². The molecule has 0 heterocycles. The maximum Gasteiger partial charge on any atom is 0.189 e. The van der Waals surface area contributed by atoms with Crippen LogP contribution in [0.1, 0.15) is 74.4 Å². The molecule has 0 bridgehead atoms. The number of ketones is 1. The summed E-state index contributed by atoms with van der Waals surface area (Å²) >= 11 is 0. The van der Waals surface area contributed by atoms with Crippen molar-refractivity contribution in [2.75, 3.05) is 0 Å². The fourth-order valence-corrected chi connectivity index (χ4v) is 3.08. The van der Waals surface area contributed by atoms with E-state index < -0.39 is 0 Å². The molecule has 3 nitrogen and oxygen atoms in total. The minimum Gasteiger partial charge on any atom is -0.507 e. The van der Waals surface area contributed by atoms with Gasteiger partial charge in [0.05, 0.1) is 11.3 Å².